The van der Waals surface area contributed by atoms with Gasteiger partial charge in [-0.2, -0.15) is 0 Å². The van der Waals surface area contributed by atoms with E-state index in [0.717, 1.165) is 70.6 Å². The van der Waals surface area contributed by atoms with E-state index in [1.807, 2.05) is 6.08 Å². The number of esters is 1. The fourth-order valence-electron chi connectivity index (χ4n) is 13.3. The van der Waals surface area contributed by atoms with E-state index in [9.17, 15) is 35.1 Å². The van der Waals surface area contributed by atoms with E-state index < -0.39 is 49.5 Å². The second-order valence-corrected chi connectivity index (χ2v) is 29.2. The number of nitrogens with one attached hydrogen (secondary N) is 1. The van der Waals surface area contributed by atoms with Crippen LogP contribution in [0.1, 0.15) is 412 Å². The average Bonchev–Trinajstić information content (AvgIpc) is 0.840. The van der Waals surface area contributed by atoms with Gasteiger partial charge in [-0.1, -0.05) is 370 Å². The van der Waals surface area contributed by atoms with Gasteiger partial charge in [0.25, 0.3) is 0 Å². The molecule has 97 heavy (non-hydrogen) atoms. The maximum absolute atomic E-state index is 13.1. The molecule has 7 unspecified atom stereocenters. The zero-order valence-corrected chi connectivity index (χ0v) is 63.6. The first-order chi connectivity index (χ1) is 47.7. The third-order valence-corrected chi connectivity index (χ3v) is 19.8. The van der Waals surface area contributed by atoms with Crippen molar-refractivity contribution in [1.82, 2.24) is 5.32 Å². The van der Waals surface area contributed by atoms with Crippen molar-refractivity contribution in [2.75, 3.05) is 19.8 Å². The summed E-state index contributed by atoms with van der Waals surface area (Å²) in [5.41, 5.74) is 0. The predicted octanol–water partition coefficient (Wildman–Crippen LogP) is 23.2. The topological polar surface area (TPSA) is 175 Å². The Balaban J connectivity index is 1.89. The van der Waals surface area contributed by atoms with Crippen LogP contribution in [0.2, 0.25) is 0 Å². The lowest BCUT2D eigenvalue weighted by Gasteiger charge is -2.40. The van der Waals surface area contributed by atoms with Crippen LogP contribution in [-0.4, -0.2) is 100 Å². The number of aliphatic hydroxyl groups excluding tert-OH is 5. The lowest BCUT2D eigenvalue weighted by atomic mass is 9.99. The van der Waals surface area contributed by atoms with E-state index in [2.05, 4.69) is 67.8 Å². The Morgan fingerprint density at radius 1 is 0.381 bits per heavy atom. The standard InChI is InChI=1S/C86H159NO10/c1-3-5-7-9-11-13-15-17-18-42-46-50-54-58-62-66-70-74-82(91)95-75-71-67-63-59-55-51-47-44-41-39-37-35-33-31-29-27-25-23-21-19-20-22-24-26-28-30-32-34-36-38-40-43-45-49-53-57-61-65-69-73-81(90)87-78(77-96-86-85(94)84(93)83(92)80(76-88)97-86)79(89)72-68-64-60-56-52-48-16-14-12-10-8-6-4-2/h12,14,19-20,23,25,52,56,68,72,78-80,83-86,88-89,92-94H,3-11,13,15-18,21-22,24,26-51,53-55,57-67,69-71,73-77H2,1-2H3,(H,87,90)/b14-12+,20-19-,25-23-,56-52+,72-68+. The van der Waals surface area contributed by atoms with Gasteiger partial charge in [-0.05, 0) is 89.9 Å². The molecule has 1 aliphatic rings. The van der Waals surface area contributed by atoms with Gasteiger partial charge < -0.3 is 45.1 Å². The van der Waals surface area contributed by atoms with Crippen molar-refractivity contribution in [3.63, 3.8) is 0 Å². The number of hydrogen-bond acceptors (Lipinski definition) is 10. The number of allylic oxidation sites excluding steroid dienone is 9. The summed E-state index contributed by atoms with van der Waals surface area (Å²) in [6.45, 7) is 4.35. The van der Waals surface area contributed by atoms with Gasteiger partial charge in [0.05, 0.1) is 32.0 Å². The van der Waals surface area contributed by atoms with E-state index in [1.54, 1.807) is 6.08 Å². The first kappa shape index (κ1) is 92.4. The Kier molecular flexibility index (Phi) is 71.0. The molecule has 1 aliphatic heterocycles. The number of hydrogen-bond donors (Lipinski definition) is 6. The van der Waals surface area contributed by atoms with Crippen LogP contribution >= 0.6 is 0 Å². The van der Waals surface area contributed by atoms with Gasteiger partial charge in [-0.15, -0.1) is 0 Å². The Morgan fingerprint density at radius 2 is 0.701 bits per heavy atom. The van der Waals surface area contributed by atoms with Crippen molar-refractivity contribution in [1.29, 1.82) is 0 Å². The minimum atomic E-state index is -1.58. The Labute approximate surface area is 598 Å². The molecule has 1 fully saturated rings. The molecule has 1 saturated heterocycles. The molecule has 568 valence electrons. The minimum Gasteiger partial charge on any atom is -0.466 e. The first-order valence-electron chi connectivity index (χ1n) is 42.1. The molecule has 0 radical (unpaired) electrons. The number of ether oxygens (including phenoxy) is 3. The minimum absolute atomic E-state index is 0.0188. The summed E-state index contributed by atoms with van der Waals surface area (Å²) in [7, 11) is 0. The van der Waals surface area contributed by atoms with Crippen LogP contribution in [0.15, 0.2) is 60.8 Å². The SMILES string of the molecule is CCCCC/C=C/CC/C=C/CC/C=C/C(O)C(COC1OC(CO)C(O)C(O)C1O)NC(=O)CCCCCCCCCCCCCCCCCCC/C=C\C/C=C\CCCCCCCCCCCCCCCCCOC(=O)CCCCCCCCCCCCCCCCCCC. The Morgan fingerprint density at radius 3 is 1.10 bits per heavy atom. The van der Waals surface area contributed by atoms with Crippen molar-refractivity contribution in [2.45, 2.75) is 455 Å². The summed E-state index contributed by atoms with van der Waals surface area (Å²) in [6.07, 6.45) is 91.3. The third-order valence-electron chi connectivity index (χ3n) is 19.8. The zero-order chi connectivity index (χ0) is 70.1. The molecule has 0 aromatic rings. The average molecular weight is 1370 g/mol. The molecular formula is C86H159NO10. The van der Waals surface area contributed by atoms with Crippen LogP contribution < -0.4 is 5.32 Å². The number of amides is 1. The number of carbonyl (C=O) groups excluding carboxylic acids is 2. The number of carbonyl (C=O) groups is 2. The molecule has 11 nitrogen and oxygen atoms in total. The van der Waals surface area contributed by atoms with Gasteiger partial charge in [-0.25, -0.2) is 0 Å². The first-order valence-corrected chi connectivity index (χ1v) is 42.1. The molecule has 6 N–H and O–H groups in total. The lowest BCUT2D eigenvalue weighted by molar-refractivity contribution is -0.302. The highest BCUT2D eigenvalue weighted by Crippen LogP contribution is 2.24. The predicted molar refractivity (Wildman–Crippen MR) is 412 cm³/mol. The third kappa shape index (κ3) is 62.8. The van der Waals surface area contributed by atoms with Gasteiger partial charge in [0.1, 0.15) is 24.4 Å². The Bertz CT molecular complexity index is 1800. The molecule has 11 heteroatoms. The summed E-state index contributed by atoms with van der Waals surface area (Å²) in [4.78, 5) is 25.2. The van der Waals surface area contributed by atoms with E-state index in [0.29, 0.717) is 19.4 Å². The molecule has 0 spiro atoms. The van der Waals surface area contributed by atoms with Crippen molar-refractivity contribution >= 4 is 11.9 Å². The van der Waals surface area contributed by atoms with Crippen LogP contribution in [0, 0.1) is 0 Å². The maximum atomic E-state index is 13.1. The fourth-order valence-corrected chi connectivity index (χ4v) is 13.3. The molecule has 0 bridgehead atoms. The van der Waals surface area contributed by atoms with Gasteiger partial charge in [0.15, 0.2) is 6.29 Å². The number of unbranched alkanes of at least 4 members (excludes halogenated alkanes) is 53. The summed E-state index contributed by atoms with van der Waals surface area (Å²) < 4.78 is 16.8. The van der Waals surface area contributed by atoms with E-state index in [4.69, 9.17) is 14.2 Å². The summed E-state index contributed by atoms with van der Waals surface area (Å²) in [5.74, 6) is -0.174. The van der Waals surface area contributed by atoms with Gasteiger partial charge >= 0.3 is 5.97 Å². The van der Waals surface area contributed by atoms with Gasteiger partial charge in [0.2, 0.25) is 5.91 Å². The largest absolute Gasteiger partial charge is 0.466 e. The normalized spacial score (nSPS) is 17.5. The van der Waals surface area contributed by atoms with E-state index in [1.165, 1.54) is 315 Å². The summed E-state index contributed by atoms with van der Waals surface area (Å²) in [6, 6.07) is -0.833. The van der Waals surface area contributed by atoms with E-state index >= 15 is 0 Å². The van der Waals surface area contributed by atoms with E-state index in [-0.39, 0.29) is 18.5 Å². The highest BCUT2D eigenvalue weighted by molar-refractivity contribution is 5.76. The van der Waals surface area contributed by atoms with Crippen molar-refractivity contribution in [2.24, 2.45) is 0 Å². The van der Waals surface area contributed by atoms with Crippen molar-refractivity contribution in [3.8, 4) is 0 Å². The molecule has 1 heterocycles. The van der Waals surface area contributed by atoms with Crippen LogP contribution in [-0.2, 0) is 23.8 Å². The number of aliphatic hydroxyl groups is 5. The molecular weight excluding hydrogens is 1210 g/mol. The number of rotatable bonds is 75. The second-order valence-electron chi connectivity index (χ2n) is 29.2. The molecule has 7 atom stereocenters. The lowest BCUT2D eigenvalue weighted by Crippen LogP contribution is -2.60. The molecule has 0 saturated carbocycles. The van der Waals surface area contributed by atoms with Crippen LogP contribution in [0.25, 0.3) is 0 Å². The highest BCUT2D eigenvalue weighted by atomic mass is 16.7. The fraction of sp³-hybridized carbons (Fsp3) is 0.860. The van der Waals surface area contributed by atoms with Crippen LogP contribution in [0.3, 0.4) is 0 Å². The highest BCUT2D eigenvalue weighted by Gasteiger charge is 2.44. The molecule has 1 rings (SSSR count). The summed E-state index contributed by atoms with van der Waals surface area (Å²) in [5, 5.41) is 54.5. The quantitative estimate of drug-likeness (QED) is 0.0195. The Hall–Kier alpha value is -2.64. The zero-order valence-electron chi connectivity index (χ0n) is 63.6. The molecule has 0 aromatic heterocycles. The maximum Gasteiger partial charge on any atom is 0.305 e. The van der Waals surface area contributed by atoms with Crippen molar-refractivity contribution in [3.05, 3.63) is 60.8 Å². The second kappa shape index (κ2) is 74.5. The molecule has 1 amide bonds. The smallest absolute Gasteiger partial charge is 0.305 e. The van der Waals surface area contributed by atoms with Crippen molar-refractivity contribution < 1.29 is 49.3 Å². The summed E-state index contributed by atoms with van der Waals surface area (Å²) >= 11 is 0. The van der Waals surface area contributed by atoms with Gasteiger partial charge in [0, 0.05) is 12.8 Å². The van der Waals surface area contributed by atoms with Crippen LogP contribution in [0.5, 0.6) is 0 Å². The van der Waals surface area contributed by atoms with Gasteiger partial charge in [-0.3, -0.25) is 9.59 Å². The molecule has 0 aliphatic carbocycles. The molecule has 0 aromatic carbocycles. The van der Waals surface area contributed by atoms with Crippen LogP contribution in [0.4, 0.5) is 0 Å². The monoisotopic (exact) mass is 1370 g/mol.